The molecule has 2 aliphatic carbocycles. The van der Waals surface area contributed by atoms with Crippen molar-refractivity contribution in [3.63, 3.8) is 0 Å². The first-order chi connectivity index (χ1) is 8.71. The maximum atomic E-state index is 12.3. The lowest BCUT2D eigenvalue weighted by Crippen LogP contribution is -2.48. The minimum Gasteiger partial charge on any atom is -0.354 e. The molecule has 0 spiro atoms. The molecule has 104 valence electrons. The molecule has 0 aromatic carbocycles. The van der Waals surface area contributed by atoms with E-state index in [2.05, 4.69) is 11.6 Å². The molecule has 18 heavy (non-hydrogen) atoms. The molecule has 2 unspecified atom stereocenters. The zero-order valence-electron chi connectivity index (χ0n) is 11.4. The fraction of sp³-hybridized carbons (Fsp3) is 0.929. The van der Waals surface area contributed by atoms with Gasteiger partial charge in [-0.15, -0.1) is 0 Å². The van der Waals surface area contributed by atoms with Crippen molar-refractivity contribution < 1.29 is 4.79 Å². The average Bonchev–Trinajstić information content (AvgIpc) is 2.37. The molecular formula is C14H26N2OS. The van der Waals surface area contributed by atoms with Gasteiger partial charge in [0.2, 0.25) is 5.91 Å². The number of carbonyl (C=O) groups is 1. The maximum Gasteiger partial charge on any atom is 0.223 e. The number of carbonyl (C=O) groups excluding carboxylic acids is 1. The lowest BCUT2D eigenvalue weighted by molar-refractivity contribution is -0.127. The van der Waals surface area contributed by atoms with E-state index in [-0.39, 0.29) is 11.8 Å². The fourth-order valence-electron chi connectivity index (χ4n) is 3.24. The summed E-state index contributed by atoms with van der Waals surface area (Å²) in [6.45, 7) is 1.51. The summed E-state index contributed by atoms with van der Waals surface area (Å²) >= 11 is 1.91. The third kappa shape index (κ3) is 3.02. The van der Waals surface area contributed by atoms with Gasteiger partial charge in [0.1, 0.15) is 0 Å². The highest BCUT2D eigenvalue weighted by molar-refractivity contribution is 8.00. The molecule has 1 amide bonds. The molecule has 0 aromatic rings. The standard InChI is InChI=1S/C14H26N2OS/c1-18-14(7-4-8-14)10-16-13(17)12-6-3-2-5-11(12)9-15/h11-12H,2-10,15H2,1H3,(H,16,17). The highest BCUT2D eigenvalue weighted by atomic mass is 32.2. The number of thioether (sulfide) groups is 1. The molecule has 2 saturated carbocycles. The van der Waals surface area contributed by atoms with E-state index in [1.165, 1.54) is 32.1 Å². The van der Waals surface area contributed by atoms with Crippen LogP contribution in [0.2, 0.25) is 0 Å². The van der Waals surface area contributed by atoms with Crippen LogP contribution < -0.4 is 11.1 Å². The summed E-state index contributed by atoms with van der Waals surface area (Å²) in [5.74, 6) is 0.832. The van der Waals surface area contributed by atoms with Gasteiger partial charge in [-0.1, -0.05) is 19.3 Å². The predicted octanol–water partition coefficient (Wildman–Crippen LogP) is 2.15. The van der Waals surface area contributed by atoms with Crippen molar-refractivity contribution in [1.29, 1.82) is 0 Å². The molecule has 2 atom stereocenters. The van der Waals surface area contributed by atoms with Crippen molar-refractivity contribution >= 4 is 17.7 Å². The molecule has 2 fully saturated rings. The Kier molecular flexibility index (Phi) is 4.96. The Hall–Kier alpha value is -0.220. The third-order valence-electron chi connectivity index (χ3n) is 4.83. The van der Waals surface area contributed by atoms with Gasteiger partial charge in [0.25, 0.3) is 0 Å². The Balaban J connectivity index is 1.83. The van der Waals surface area contributed by atoms with E-state index in [0.717, 1.165) is 19.4 Å². The van der Waals surface area contributed by atoms with Gasteiger partial charge in [-0.3, -0.25) is 4.79 Å². The van der Waals surface area contributed by atoms with Gasteiger partial charge >= 0.3 is 0 Å². The van der Waals surface area contributed by atoms with Crippen LogP contribution in [0.3, 0.4) is 0 Å². The molecule has 0 bridgehead atoms. The summed E-state index contributed by atoms with van der Waals surface area (Å²) in [5, 5.41) is 3.20. The normalized spacial score (nSPS) is 30.6. The number of amides is 1. The maximum absolute atomic E-state index is 12.3. The molecule has 0 aliphatic heterocycles. The van der Waals surface area contributed by atoms with E-state index >= 15 is 0 Å². The minimum absolute atomic E-state index is 0.169. The van der Waals surface area contributed by atoms with Gasteiger partial charge < -0.3 is 11.1 Å². The molecule has 4 heteroatoms. The summed E-state index contributed by atoms with van der Waals surface area (Å²) in [7, 11) is 0. The second-order valence-corrected chi connectivity index (χ2v) is 7.12. The molecule has 3 nitrogen and oxygen atoms in total. The zero-order valence-corrected chi connectivity index (χ0v) is 12.2. The van der Waals surface area contributed by atoms with Gasteiger partial charge in [-0.25, -0.2) is 0 Å². The highest BCUT2D eigenvalue weighted by Gasteiger charge is 2.37. The first-order valence-corrected chi connectivity index (χ1v) is 8.46. The van der Waals surface area contributed by atoms with E-state index in [9.17, 15) is 4.79 Å². The summed E-state index contributed by atoms with van der Waals surface area (Å²) in [6, 6.07) is 0. The summed E-state index contributed by atoms with van der Waals surface area (Å²) < 4.78 is 0.336. The Labute approximate surface area is 115 Å². The Morgan fingerprint density at radius 2 is 2.06 bits per heavy atom. The van der Waals surface area contributed by atoms with Crippen molar-refractivity contribution in [3.8, 4) is 0 Å². The van der Waals surface area contributed by atoms with Gasteiger partial charge in [-0.05, 0) is 44.4 Å². The van der Waals surface area contributed by atoms with Crippen LogP contribution in [-0.2, 0) is 4.79 Å². The smallest absolute Gasteiger partial charge is 0.223 e. The first-order valence-electron chi connectivity index (χ1n) is 7.24. The van der Waals surface area contributed by atoms with E-state index in [4.69, 9.17) is 5.73 Å². The molecule has 3 N–H and O–H groups in total. The largest absolute Gasteiger partial charge is 0.354 e. The van der Waals surface area contributed by atoms with Gasteiger partial charge in [0.05, 0.1) is 0 Å². The van der Waals surface area contributed by atoms with Crippen molar-refractivity contribution in [2.24, 2.45) is 17.6 Å². The molecule has 2 aliphatic rings. The molecule has 2 rings (SSSR count). The number of nitrogens with one attached hydrogen (secondary N) is 1. The number of nitrogens with two attached hydrogens (primary N) is 1. The van der Waals surface area contributed by atoms with Gasteiger partial charge in [-0.2, -0.15) is 11.8 Å². The quantitative estimate of drug-likeness (QED) is 0.805. The van der Waals surface area contributed by atoms with E-state index in [1.807, 2.05) is 11.8 Å². The SMILES string of the molecule is CSC1(CNC(=O)C2CCCCC2CN)CCC1. The zero-order chi connectivity index (χ0) is 13.0. The van der Waals surface area contributed by atoms with Crippen LogP contribution in [0.4, 0.5) is 0 Å². The fourth-order valence-corrected chi connectivity index (χ4v) is 4.15. The second kappa shape index (κ2) is 6.29. The van der Waals surface area contributed by atoms with Gasteiger partial charge in [0, 0.05) is 17.2 Å². The second-order valence-electron chi connectivity index (χ2n) is 5.85. The highest BCUT2D eigenvalue weighted by Crippen LogP contribution is 2.42. The van der Waals surface area contributed by atoms with Crippen LogP contribution in [0.1, 0.15) is 44.9 Å². The van der Waals surface area contributed by atoms with Crippen LogP contribution in [0.25, 0.3) is 0 Å². The molecule has 0 aromatic heterocycles. The lowest BCUT2D eigenvalue weighted by Gasteiger charge is -2.41. The van der Waals surface area contributed by atoms with E-state index < -0.39 is 0 Å². The van der Waals surface area contributed by atoms with E-state index in [0.29, 0.717) is 17.2 Å². The van der Waals surface area contributed by atoms with Crippen molar-refractivity contribution in [1.82, 2.24) is 5.32 Å². The predicted molar refractivity (Wildman–Crippen MR) is 77.6 cm³/mol. The molecule has 0 radical (unpaired) electrons. The summed E-state index contributed by atoms with van der Waals surface area (Å²) in [4.78, 5) is 12.3. The third-order valence-corrected chi connectivity index (χ3v) is 6.25. The van der Waals surface area contributed by atoms with Crippen molar-refractivity contribution in [2.45, 2.75) is 49.7 Å². The summed E-state index contributed by atoms with van der Waals surface area (Å²) in [5.41, 5.74) is 5.79. The Bertz CT molecular complexity index is 286. The molecule has 0 saturated heterocycles. The number of hydrogen-bond acceptors (Lipinski definition) is 3. The Morgan fingerprint density at radius 3 is 2.61 bits per heavy atom. The topological polar surface area (TPSA) is 55.1 Å². The van der Waals surface area contributed by atoms with Gasteiger partial charge in [0.15, 0.2) is 0 Å². The number of hydrogen-bond donors (Lipinski definition) is 2. The van der Waals surface area contributed by atoms with Crippen LogP contribution in [0.15, 0.2) is 0 Å². The first kappa shape index (κ1) is 14.2. The van der Waals surface area contributed by atoms with Crippen LogP contribution in [0.5, 0.6) is 0 Å². The lowest BCUT2D eigenvalue weighted by atomic mass is 9.78. The number of rotatable bonds is 5. The van der Waals surface area contributed by atoms with Crippen LogP contribution in [-0.4, -0.2) is 30.0 Å². The monoisotopic (exact) mass is 270 g/mol. The minimum atomic E-state index is 0.169. The average molecular weight is 270 g/mol. The summed E-state index contributed by atoms with van der Waals surface area (Å²) in [6.07, 6.45) is 10.5. The Morgan fingerprint density at radius 1 is 1.33 bits per heavy atom. The molecular weight excluding hydrogens is 244 g/mol. The molecule has 0 heterocycles. The van der Waals surface area contributed by atoms with Crippen molar-refractivity contribution in [3.05, 3.63) is 0 Å². The van der Waals surface area contributed by atoms with Crippen LogP contribution >= 0.6 is 11.8 Å². The van der Waals surface area contributed by atoms with Crippen molar-refractivity contribution in [2.75, 3.05) is 19.3 Å². The van der Waals surface area contributed by atoms with Crippen LogP contribution in [0, 0.1) is 11.8 Å². The van der Waals surface area contributed by atoms with E-state index in [1.54, 1.807) is 0 Å².